The van der Waals surface area contributed by atoms with Gasteiger partial charge in [-0.2, -0.15) is 20.1 Å². The quantitative estimate of drug-likeness (QED) is 0.483. The topological polar surface area (TPSA) is 141 Å². The summed E-state index contributed by atoms with van der Waals surface area (Å²) in [6.45, 7) is 1.78. The summed E-state index contributed by atoms with van der Waals surface area (Å²) in [5, 5.41) is 4.03. The Labute approximate surface area is 120 Å². The minimum Gasteiger partial charge on any atom is -0.366 e. The van der Waals surface area contributed by atoms with Crippen molar-refractivity contribution in [2.75, 3.05) is 23.4 Å². The molecule has 2 aromatic heterocycles. The van der Waals surface area contributed by atoms with Crippen molar-refractivity contribution in [2.45, 2.75) is 12.8 Å². The molecule has 10 nitrogen and oxygen atoms in total. The highest BCUT2D eigenvalue weighted by Gasteiger charge is 2.18. The number of carbonyl (C=O) groups is 1. The van der Waals surface area contributed by atoms with Crippen LogP contribution in [0.3, 0.4) is 0 Å². The molecule has 0 aromatic carbocycles. The molecule has 0 saturated carbocycles. The molecule has 1 saturated heterocycles. The Kier molecular flexibility index (Phi) is 3.36. The first-order valence-electron chi connectivity index (χ1n) is 6.50. The second-order valence-corrected chi connectivity index (χ2v) is 4.64. The zero-order valence-electron chi connectivity index (χ0n) is 11.2. The lowest BCUT2D eigenvalue weighted by Gasteiger charge is -2.16. The predicted octanol–water partition coefficient (Wildman–Crippen LogP) is -0.958. The first kappa shape index (κ1) is 13.2. The number of aromatic nitrogens is 5. The fourth-order valence-electron chi connectivity index (χ4n) is 2.14. The normalized spacial score (nSPS) is 14.4. The van der Waals surface area contributed by atoms with Gasteiger partial charge in [0.1, 0.15) is 0 Å². The number of nitrogens with zero attached hydrogens (tertiary/aromatic N) is 6. The van der Waals surface area contributed by atoms with Gasteiger partial charge in [-0.15, -0.1) is 0 Å². The Bertz CT molecular complexity index is 661. The van der Waals surface area contributed by atoms with E-state index in [1.165, 1.54) is 17.1 Å². The summed E-state index contributed by atoms with van der Waals surface area (Å²) in [5.74, 6) is 5.86. The zero-order valence-corrected chi connectivity index (χ0v) is 11.2. The summed E-state index contributed by atoms with van der Waals surface area (Å²) in [6.07, 6.45) is 5.02. The van der Waals surface area contributed by atoms with E-state index < -0.39 is 5.91 Å². The molecule has 10 heteroatoms. The standard InChI is InChI=1S/C11H15N9O/c12-8(21)7-5-14-20(6-7)11-16-9(18-13)15-10(17-11)19-3-1-2-4-19/h5-6H,1-4,13H2,(H2,12,21)(H,15,16,17,18). The van der Waals surface area contributed by atoms with Crippen molar-refractivity contribution < 1.29 is 4.79 Å². The van der Waals surface area contributed by atoms with Crippen LogP contribution in [0.25, 0.3) is 5.95 Å². The molecule has 1 aliphatic heterocycles. The Hall–Kier alpha value is -2.75. The van der Waals surface area contributed by atoms with Gasteiger partial charge in [0.15, 0.2) is 0 Å². The van der Waals surface area contributed by atoms with Crippen molar-refractivity contribution in [1.82, 2.24) is 24.7 Å². The highest BCUT2D eigenvalue weighted by molar-refractivity contribution is 5.92. The van der Waals surface area contributed by atoms with Crippen molar-refractivity contribution >= 4 is 17.8 Å². The molecule has 0 aliphatic carbocycles. The lowest BCUT2D eigenvalue weighted by molar-refractivity contribution is 0.100. The molecule has 0 atom stereocenters. The summed E-state index contributed by atoms with van der Waals surface area (Å²) in [6, 6.07) is 0. The van der Waals surface area contributed by atoms with Crippen molar-refractivity contribution in [3.8, 4) is 5.95 Å². The number of amides is 1. The van der Waals surface area contributed by atoms with Gasteiger partial charge in [0.2, 0.25) is 11.9 Å². The summed E-state index contributed by atoms with van der Waals surface area (Å²) < 4.78 is 1.36. The van der Waals surface area contributed by atoms with E-state index >= 15 is 0 Å². The van der Waals surface area contributed by atoms with Gasteiger partial charge in [0.25, 0.3) is 11.9 Å². The predicted molar refractivity (Wildman–Crippen MR) is 74.7 cm³/mol. The molecular weight excluding hydrogens is 274 g/mol. The number of anilines is 2. The van der Waals surface area contributed by atoms with Gasteiger partial charge in [-0.25, -0.2) is 10.5 Å². The molecule has 0 spiro atoms. The Balaban J connectivity index is 1.99. The first-order valence-corrected chi connectivity index (χ1v) is 6.50. The number of hydrogen-bond donors (Lipinski definition) is 3. The molecule has 0 radical (unpaired) electrons. The van der Waals surface area contributed by atoms with Gasteiger partial charge >= 0.3 is 0 Å². The minimum atomic E-state index is -0.563. The van der Waals surface area contributed by atoms with Gasteiger partial charge in [-0.1, -0.05) is 0 Å². The molecule has 2 aromatic rings. The van der Waals surface area contributed by atoms with Crippen LogP contribution in [0.1, 0.15) is 23.2 Å². The van der Waals surface area contributed by atoms with Crippen LogP contribution in [0, 0.1) is 0 Å². The van der Waals surface area contributed by atoms with E-state index in [0.717, 1.165) is 25.9 Å². The molecular formula is C11H15N9O. The summed E-state index contributed by atoms with van der Waals surface area (Å²) in [7, 11) is 0. The first-order chi connectivity index (χ1) is 10.2. The van der Waals surface area contributed by atoms with Crippen molar-refractivity contribution in [1.29, 1.82) is 0 Å². The third kappa shape index (κ3) is 2.60. The van der Waals surface area contributed by atoms with Crippen LogP contribution in [0.5, 0.6) is 0 Å². The fourth-order valence-corrected chi connectivity index (χ4v) is 2.14. The fraction of sp³-hybridized carbons (Fsp3) is 0.364. The number of hydrazine groups is 1. The SMILES string of the molecule is NNc1nc(N2CCCC2)nc(-n2cc(C(N)=O)cn2)n1. The Morgan fingerprint density at radius 2 is 1.90 bits per heavy atom. The van der Waals surface area contributed by atoms with Crippen LogP contribution < -0.4 is 21.9 Å². The molecule has 3 rings (SSSR count). The van der Waals surface area contributed by atoms with Gasteiger partial charge in [-0.3, -0.25) is 10.2 Å². The Morgan fingerprint density at radius 3 is 2.52 bits per heavy atom. The van der Waals surface area contributed by atoms with Crippen molar-refractivity contribution in [3.05, 3.63) is 18.0 Å². The maximum absolute atomic E-state index is 11.1. The largest absolute Gasteiger partial charge is 0.366 e. The summed E-state index contributed by atoms with van der Waals surface area (Å²) >= 11 is 0. The smallest absolute Gasteiger partial charge is 0.257 e. The Morgan fingerprint density at radius 1 is 1.19 bits per heavy atom. The number of nitrogens with two attached hydrogens (primary N) is 2. The average Bonchev–Trinajstić information content (AvgIpc) is 3.18. The molecule has 1 amide bonds. The molecule has 21 heavy (non-hydrogen) atoms. The average molecular weight is 289 g/mol. The second kappa shape index (κ2) is 5.32. The third-order valence-corrected chi connectivity index (χ3v) is 3.20. The maximum Gasteiger partial charge on any atom is 0.257 e. The van der Waals surface area contributed by atoms with Crippen LogP contribution >= 0.6 is 0 Å². The molecule has 110 valence electrons. The van der Waals surface area contributed by atoms with Crippen molar-refractivity contribution in [3.63, 3.8) is 0 Å². The highest BCUT2D eigenvalue weighted by atomic mass is 16.1. The van der Waals surface area contributed by atoms with E-state index in [0.29, 0.717) is 5.95 Å². The number of rotatable bonds is 4. The lowest BCUT2D eigenvalue weighted by atomic mass is 10.4. The molecule has 0 unspecified atom stereocenters. The third-order valence-electron chi connectivity index (χ3n) is 3.20. The van der Waals surface area contributed by atoms with Crippen LogP contribution in [-0.2, 0) is 0 Å². The molecule has 1 fully saturated rings. The summed E-state index contributed by atoms with van der Waals surface area (Å²) in [5.41, 5.74) is 7.89. The lowest BCUT2D eigenvalue weighted by Crippen LogP contribution is -2.23. The van der Waals surface area contributed by atoms with E-state index in [-0.39, 0.29) is 17.5 Å². The monoisotopic (exact) mass is 289 g/mol. The minimum absolute atomic E-state index is 0.234. The van der Waals surface area contributed by atoms with E-state index in [9.17, 15) is 4.79 Å². The van der Waals surface area contributed by atoms with E-state index in [1.807, 2.05) is 4.90 Å². The molecule has 5 N–H and O–H groups in total. The zero-order chi connectivity index (χ0) is 14.8. The van der Waals surface area contributed by atoms with Crippen LogP contribution in [0.15, 0.2) is 12.4 Å². The maximum atomic E-state index is 11.1. The van der Waals surface area contributed by atoms with E-state index in [2.05, 4.69) is 25.5 Å². The molecule has 0 bridgehead atoms. The van der Waals surface area contributed by atoms with Gasteiger partial charge in [-0.05, 0) is 12.8 Å². The van der Waals surface area contributed by atoms with E-state index in [4.69, 9.17) is 11.6 Å². The summed E-state index contributed by atoms with van der Waals surface area (Å²) in [4.78, 5) is 25.9. The number of nitrogens with one attached hydrogen (secondary N) is 1. The number of primary amides is 1. The second-order valence-electron chi connectivity index (χ2n) is 4.64. The van der Waals surface area contributed by atoms with Gasteiger partial charge in [0, 0.05) is 19.3 Å². The number of nitrogen functional groups attached to an aromatic ring is 1. The van der Waals surface area contributed by atoms with Gasteiger partial charge < -0.3 is 10.6 Å². The molecule has 1 aliphatic rings. The number of hydrogen-bond acceptors (Lipinski definition) is 8. The van der Waals surface area contributed by atoms with Crippen LogP contribution in [0.2, 0.25) is 0 Å². The van der Waals surface area contributed by atoms with Crippen molar-refractivity contribution in [2.24, 2.45) is 11.6 Å². The van der Waals surface area contributed by atoms with E-state index in [1.54, 1.807) is 0 Å². The number of carbonyl (C=O) groups excluding carboxylic acids is 1. The van der Waals surface area contributed by atoms with Crippen LogP contribution in [0.4, 0.5) is 11.9 Å². The molecule has 3 heterocycles. The highest BCUT2D eigenvalue weighted by Crippen LogP contribution is 2.18. The van der Waals surface area contributed by atoms with Gasteiger partial charge in [0.05, 0.1) is 11.8 Å². The van der Waals surface area contributed by atoms with Crippen LogP contribution in [-0.4, -0.2) is 43.7 Å².